The van der Waals surface area contributed by atoms with E-state index in [1.54, 1.807) is 0 Å². The van der Waals surface area contributed by atoms with Crippen LogP contribution in [0.25, 0.3) is 0 Å². The molecule has 2 rings (SSSR count). The van der Waals surface area contributed by atoms with E-state index in [1.165, 1.54) is 211 Å². The Morgan fingerprint density at radius 3 is 0.957 bits per heavy atom. The maximum atomic E-state index is 2.65. The summed E-state index contributed by atoms with van der Waals surface area (Å²) < 4.78 is 0. The fraction of sp³-hybridized carbons (Fsp3) is 0.818. The van der Waals surface area contributed by atoms with Crippen molar-refractivity contribution in [3.63, 3.8) is 0 Å². The normalized spacial score (nSPS) is 13.4. The monoisotopic (exact) mass is 637 g/mol. The summed E-state index contributed by atoms with van der Waals surface area (Å²) in [5, 5.41) is 0. The highest BCUT2D eigenvalue weighted by Gasteiger charge is 2.25. The molecule has 0 amide bonds. The quantitative estimate of drug-likeness (QED) is 0.0694. The van der Waals surface area contributed by atoms with Gasteiger partial charge in [0.25, 0.3) is 0 Å². The Bertz CT molecular complexity index is 729. The van der Waals surface area contributed by atoms with Crippen LogP contribution in [0.4, 0.5) is 0 Å². The maximum Gasteiger partial charge on any atom is 0.105 e. The summed E-state index contributed by atoms with van der Waals surface area (Å²) in [5.41, 5.74) is 1.47. The van der Waals surface area contributed by atoms with Crippen molar-refractivity contribution < 1.29 is 0 Å². The van der Waals surface area contributed by atoms with Crippen LogP contribution in [0.5, 0.6) is 0 Å². The van der Waals surface area contributed by atoms with Gasteiger partial charge in [0.15, 0.2) is 0 Å². The van der Waals surface area contributed by atoms with E-state index >= 15 is 0 Å². The minimum absolute atomic E-state index is 0.501. The van der Waals surface area contributed by atoms with Gasteiger partial charge in [-0.25, -0.2) is 0 Å². The molecule has 0 radical (unpaired) electrons. The molecule has 0 saturated carbocycles. The van der Waals surface area contributed by atoms with E-state index in [0.29, 0.717) is 6.17 Å². The SMILES string of the molecule is CCCCCCCCCCCCCCCCCN1C=CN(CCCCCCCCCCCCCCCCC)C1Cc1ccccc1. The first-order valence-electron chi connectivity index (χ1n) is 21.1. The molecule has 2 nitrogen and oxygen atoms in total. The van der Waals surface area contributed by atoms with Crippen molar-refractivity contribution in [1.82, 2.24) is 9.80 Å². The Morgan fingerprint density at radius 2 is 0.652 bits per heavy atom. The van der Waals surface area contributed by atoms with Gasteiger partial charge in [-0.1, -0.05) is 224 Å². The zero-order chi connectivity index (χ0) is 32.6. The van der Waals surface area contributed by atoms with Gasteiger partial charge in [-0.15, -0.1) is 0 Å². The first kappa shape index (κ1) is 40.7. The largest absolute Gasteiger partial charge is 0.356 e. The Hall–Kier alpha value is -1.44. The lowest BCUT2D eigenvalue weighted by molar-refractivity contribution is 0.148. The number of hydrogen-bond acceptors (Lipinski definition) is 2. The van der Waals surface area contributed by atoms with Gasteiger partial charge in [-0.05, 0) is 18.4 Å². The van der Waals surface area contributed by atoms with E-state index in [9.17, 15) is 0 Å². The maximum absolute atomic E-state index is 2.65. The summed E-state index contributed by atoms with van der Waals surface area (Å²) in [4.78, 5) is 5.31. The molecule has 0 fully saturated rings. The number of nitrogens with zero attached hydrogens (tertiary/aromatic N) is 2. The molecule has 2 heteroatoms. The Labute approximate surface area is 289 Å². The van der Waals surface area contributed by atoms with Crippen LogP contribution in [0.1, 0.15) is 212 Å². The van der Waals surface area contributed by atoms with Crippen molar-refractivity contribution in [2.24, 2.45) is 0 Å². The minimum Gasteiger partial charge on any atom is -0.356 e. The van der Waals surface area contributed by atoms with E-state index in [-0.39, 0.29) is 0 Å². The van der Waals surface area contributed by atoms with E-state index < -0.39 is 0 Å². The molecule has 0 N–H and O–H groups in total. The molecule has 0 atom stereocenters. The van der Waals surface area contributed by atoms with Gasteiger partial charge in [0.1, 0.15) is 6.17 Å². The molecular weight excluding hydrogens is 556 g/mol. The topological polar surface area (TPSA) is 6.48 Å². The van der Waals surface area contributed by atoms with Crippen LogP contribution in [0.3, 0.4) is 0 Å². The lowest BCUT2D eigenvalue weighted by Crippen LogP contribution is -2.41. The molecule has 1 heterocycles. The molecule has 0 bridgehead atoms. The summed E-state index contributed by atoms with van der Waals surface area (Å²) in [6.07, 6.45) is 49.5. The van der Waals surface area contributed by atoms with Crippen LogP contribution >= 0.6 is 0 Å². The summed E-state index contributed by atoms with van der Waals surface area (Å²) in [5.74, 6) is 0. The average molecular weight is 637 g/mol. The molecule has 1 aliphatic rings. The van der Waals surface area contributed by atoms with Crippen molar-refractivity contribution in [1.29, 1.82) is 0 Å². The Morgan fingerprint density at radius 1 is 0.370 bits per heavy atom. The Balaban J connectivity index is 1.49. The second kappa shape index (κ2) is 30.9. The molecule has 0 aromatic heterocycles. The van der Waals surface area contributed by atoms with Crippen LogP contribution in [0.15, 0.2) is 42.7 Å². The lowest BCUT2D eigenvalue weighted by Gasteiger charge is -2.33. The predicted octanol–water partition coefficient (Wildman–Crippen LogP) is 14.4. The van der Waals surface area contributed by atoms with E-state index in [2.05, 4.69) is 66.4 Å². The first-order chi connectivity index (χ1) is 22.8. The standard InChI is InChI=1S/C44H80N2/c1-3-5-7-9-11-13-15-17-19-21-23-25-27-29-34-38-45-40-41-46(44(45)42-43-36-32-31-33-37-43)39-35-30-28-26-24-22-20-18-16-14-12-10-8-6-4-2/h31-33,36-37,40-41,44H,3-30,34-35,38-39,42H2,1-2H3. The second-order valence-corrected chi connectivity index (χ2v) is 14.8. The third kappa shape index (κ3) is 22.2. The predicted molar refractivity (Wildman–Crippen MR) is 206 cm³/mol. The van der Waals surface area contributed by atoms with Crippen LogP contribution in [-0.2, 0) is 6.42 Å². The van der Waals surface area contributed by atoms with E-state index in [4.69, 9.17) is 0 Å². The molecule has 0 spiro atoms. The van der Waals surface area contributed by atoms with Crippen LogP contribution in [0, 0.1) is 0 Å². The van der Waals surface area contributed by atoms with Gasteiger partial charge in [0.05, 0.1) is 0 Å². The van der Waals surface area contributed by atoms with Crippen LogP contribution < -0.4 is 0 Å². The highest BCUT2D eigenvalue weighted by atomic mass is 15.4. The average Bonchev–Trinajstić information content (AvgIpc) is 3.45. The van der Waals surface area contributed by atoms with Crippen molar-refractivity contribution >= 4 is 0 Å². The van der Waals surface area contributed by atoms with Gasteiger partial charge < -0.3 is 9.80 Å². The summed E-state index contributed by atoms with van der Waals surface area (Å²) in [6, 6.07) is 11.2. The van der Waals surface area contributed by atoms with Gasteiger partial charge in [-0.3, -0.25) is 0 Å². The minimum atomic E-state index is 0.501. The molecule has 0 saturated heterocycles. The molecule has 1 aromatic rings. The third-order valence-electron chi connectivity index (χ3n) is 10.5. The van der Waals surface area contributed by atoms with E-state index in [0.717, 1.165) is 6.42 Å². The number of benzene rings is 1. The highest BCUT2D eigenvalue weighted by Crippen LogP contribution is 2.23. The number of hydrogen-bond donors (Lipinski definition) is 0. The van der Waals surface area contributed by atoms with Crippen molar-refractivity contribution in [2.45, 2.75) is 219 Å². The molecule has 46 heavy (non-hydrogen) atoms. The van der Waals surface area contributed by atoms with E-state index in [1.807, 2.05) is 0 Å². The van der Waals surface area contributed by atoms with Crippen LogP contribution in [0.2, 0.25) is 0 Å². The molecule has 0 unspecified atom stereocenters. The van der Waals surface area contributed by atoms with Gasteiger partial charge in [0.2, 0.25) is 0 Å². The summed E-state index contributed by atoms with van der Waals surface area (Å²) in [7, 11) is 0. The van der Waals surface area contributed by atoms with Gasteiger partial charge in [0, 0.05) is 31.9 Å². The van der Waals surface area contributed by atoms with Gasteiger partial charge in [-0.2, -0.15) is 0 Å². The zero-order valence-electron chi connectivity index (χ0n) is 31.3. The summed E-state index contributed by atoms with van der Waals surface area (Å²) in [6.45, 7) is 7.04. The van der Waals surface area contributed by atoms with Crippen molar-refractivity contribution in [2.75, 3.05) is 13.1 Å². The smallest absolute Gasteiger partial charge is 0.105 e. The number of unbranched alkanes of at least 4 members (excludes halogenated alkanes) is 28. The Kier molecular flexibility index (Phi) is 27.3. The fourth-order valence-electron chi connectivity index (χ4n) is 7.40. The first-order valence-corrected chi connectivity index (χ1v) is 21.1. The van der Waals surface area contributed by atoms with Crippen molar-refractivity contribution in [3.05, 3.63) is 48.3 Å². The molecule has 1 aromatic carbocycles. The third-order valence-corrected chi connectivity index (χ3v) is 10.5. The zero-order valence-corrected chi connectivity index (χ0v) is 31.3. The lowest BCUT2D eigenvalue weighted by atomic mass is 10.0. The summed E-state index contributed by atoms with van der Waals surface area (Å²) >= 11 is 0. The van der Waals surface area contributed by atoms with Gasteiger partial charge >= 0.3 is 0 Å². The number of rotatable bonds is 34. The molecule has 0 aliphatic carbocycles. The highest BCUT2D eigenvalue weighted by molar-refractivity contribution is 5.17. The van der Waals surface area contributed by atoms with Crippen LogP contribution in [-0.4, -0.2) is 29.1 Å². The fourth-order valence-corrected chi connectivity index (χ4v) is 7.40. The molecular formula is C44H80N2. The van der Waals surface area contributed by atoms with Crippen molar-refractivity contribution in [3.8, 4) is 0 Å². The molecule has 1 aliphatic heterocycles. The second-order valence-electron chi connectivity index (χ2n) is 14.8. The molecule has 266 valence electrons.